The molecule has 1 aliphatic heterocycles. The van der Waals surface area contributed by atoms with Crippen LogP contribution in [0.15, 0.2) is 40.3 Å². The highest BCUT2D eigenvalue weighted by Crippen LogP contribution is 2.36. The van der Waals surface area contributed by atoms with Crippen LogP contribution in [0, 0.1) is 0 Å². The summed E-state index contributed by atoms with van der Waals surface area (Å²) in [5.41, 5.74) is 12.9. The van der Waals surface area contributed by atoms with Gasteiger partial charge in [-0.25, -0.2) is 4.99 Å². The summed E-state index contributed by atoms with van der Waals surface area (Å²) >= 11 is 0. The average Bonchev–Trinajstić information content (AvgIpc) is 2.64. The van der Waals surface area contributed by atoms with Gasteiger partial charge in [0.1, 0.15) is 0 Å². The molecule has 0 bridgehead atoms. The second-order valence-corrected chi connectivity index (χ2v) is 7.26. The first-order chi connectivity index (χ1) is 12.7. The molecule has 7 heteroatoms. The van der Waals surface area contributed by atoms with Crippen molar-refractivity contribution < 1.29 is 4.84 Å². The van der Waals surface area contributed by atoms with Crippen molar-refractivity contribution >= 4 is 28.9 Å². The molecule has 6 nitrogen and oxygen atoms in total. The van der Waals surface area contributed by atoms with Crippen molar-refractivity contribution in [3.05, 3.63) is 35.9 Å². The Labute approximate surface area is 172 Å². The normalized spacial score (nSPS) is 18.6. The molecule has 1 aliphatic carbocycles. The van der Waals surface area contributed by atoms with Crippen LogP contribution in [0.1, 0.15) is 63.4 Å². The summed E-state index contributed by atoms with van der Waals surface area (Å²) in [6, 6.07) is 10.6. The first-order valence-electron chi connectivity index (χ1n) is 9.86. The highest BCUT2D eigenvalue weighted by molar-refractivity contribution is 8.93. The summed E-state index contributed by atoms with van der Waals surface area (Å²) in [5.74, 6) is 0.605. The molecule has 0 unspecified atom stereocenters. The number of hydrogen-bond donors (Lipinski definition) is 2. The summed E-state index contributed by atoms with van der Waals surface area (Å²) in [6.45, 7) is 0.638. The molecule has 1 aromatic rings. The SMILES string of the molecule is Br.NC1=NC2(CCCCC2)N(OCCCCCCc2ccccc2)C(N)=N1. The molecule has 0 radical (unpaired) electrons. The Morgan fingerprint density at radius 2 is 1.67 bits per heavy atom. The van der Waals surface area contributed by atoms with E-state index in [2.05, 4.69) is 40.3 Å². The van der Waals surface area contributed by atoms with Gasteiger partial charge < -0.3 is 11.5 Å². The van der Waals surface area contributed by atoms with Gasteiger partial charge >= 0.3 is 0 Å². The Bertz CT molecular complexity index is 629. The Hall–Kier alpha value is -1.60. The number of aliphatic imine (C=N–C) groups is 2. The lowest BCUT2D eigenvalue weighted by Crippen LogP contribution is -2.57. The second kappa shape index (κ2) is 10.7. The second-order valence-electron chi connectivity index (χ2n) is 7.26. The fraction of sp³-hybridized carbons (Fsp3) is 0.600. The molecule has 150 valence electrons. The van der Waals surface area contributed by atoms with Gasteiger partial charge in [0.25, 0.3) is 0 Å². The third kappa shape index (κ3) is 5.94. The zero-order chi connectivity index (χ0) is 18.2. The van der Waals surface area contributed by atoms with E-state index in [0.29, 0.717) is 12.6 Å². The zero-order valence-corrected chi connectivity index (χ0v) is 17.7. The van der Waals surface area contributed by atoms with Gasteiger partial charge in [0.05, 0.1) is 6.61 Å². The Kier molecular flexibility index (Phi) is 8.57. The molecule has 1 saturated carbocycles. The predicted octanol–water partition coefficient (Wildman–Crippen LogP) is 3.90. The Morgan fingerprint density at radius 1 is 0.963 bits per heavy atom. The van der Waals surface area contributed by atoms with Gasteiger partial charge in [0, 0.05) is 0 Å². The van der Waals surface area contributed by atoms with Gasteiger partial charge in [0.2, 0.25) is 11.9 Å². The number of rotatable bonds is 8. The van der Waals surface area contributed by atoms with Crippen molar-refractivity contribution in [1.29, 1.82) is 0 Å². The lowest BCUT2D eigenvalue weighted by Gasteiger charge is -2.44. The monoisotopic (exact) mass is 437 g/mol. The van der Waals surface area contributed by atoms with E-state index in [-0.39, 0.29) is 22.9 Å². The number of hydrogen-bond acceptors (Lipinski definition) is 6. The van der Waals surface area contributed by atoms with E-state index in [1.54, 1.807) is 5.06 Å². The highest BCUT2D eigenvalue weighted by atomic mass is 79.9. The van der Waals surface area contributed by atoms with E-state index in [1.807, 2.05) is 0 Å². The van der Waals surface area contributed by atoms with E-state index in [0.717, 1.165) is 44.9 Å². The molecule has 0 aromatic heterocycles. The minimum Gasteiger partial charge on any atom is -0.368 e. The first kappa shape index (κ1) is 21.7. The standard InChI is InChI=1S/C20H31N5O.BrH/c21-18-23-19(22)25(20(24-18)14-8-4-9-15-20)26-16-10-2-1-5-11-17-12-6-3-7-13-17;/h3,6-7,12-13H,1-2,4-5,8-11,14-16H2,(H4,21,22,23,24);1H. The van der Waals surface area contributed by atoms with E-state index in [9.17, 15) is 0 Å². The molecule has 27 heavy (non-hydrogen) atoms. The number of guanidine groups is 2. The number of halogens is 1. The molecule has 1 spiro atoms. The summed E-state index contributed by atoms with van der Waals surface area (Å²) in [4.78, 5) is 14.7. The average molecular weight is 438 g/mol. The van der Waals surface area contributed by atoms with Crippen LogP contribution in [0.3, 0.4) is 0 Å². The van der Waals surface area contributed by atoms with Crippen LogP contribution in [0.25, 0.3) is 0 Å². The van der Waals surface area contributed by atoms with Gasteiger partial charge in [-0.05, 0) is 50.5 Å². The summed E-state index contributed by atoms with van der Waals surface area (Å²) in [6.07, 6.45) is 11.0. The van der Waals surface area contributed by atoms with Crippen LogP contribution in [-0.2, 0) is 11.3 Å². The largest absolute Gasteiger partial charge is 0.368 e. The van der Waals surface area contributed by atoms with Crippen molar-refractivity contribution in [2.75, 3.05) is 6.61 Å². The maximum atomic E-state index is 6.09. The molecule has 0 atom stereocenters. The number of nitrogens with zero attached hydrogens (tertiary/aromatic N) is 3. The topological polar surface area (TPSA) is 89.2 Å². The Morgan fingerprint density at radius 3 is 2.41 bits per heavy atom. The van der Waals surface area contributed by atoms with Crippen molar-refractivity contribution in [2.24, 2.45) is 21.5 Å². The van der Waals surface area contributed by atoms with Crippen molar-refractivity contribution in [2.45, 2.75) is 69.9 Å². The van der Waals surface area contributed by atoms with Gasteiger partial charge in [-0.15, -0.1) is 17.0 Å². The number of benzene rings is 1. The Balaban J connectivity index is 0.00000261. The lowest BCUT2D eigenvalue weighted by atomic mass is 9.89. The van der Waals surface area contributed by atoms with Crippen LogP contribution in [0.4, 0.5) is 0 Å². The van der Waals surface area contributed by atoms with Crippen molar-refractivity contribution in [3.63, 3.8) is 0 Å². The van der Waals surface area contributed by atoms with E-state index in [1.165, 1.54) is 24.8 Å². The van der Waals surface area contributed by atoms with E-state index < -0.39 is 5.66 Å². The molecular weight excluding hydrogens is 406 g/mol. The fourth-order valence-corrected chi connectivity index (χ4v) is 3.86. The smallest absolute Gasteiger partial charge is 0.226 e. The van der Waals surface area contributed by atoms with Gasteiger partial charge in [0.15, 0.2) is 5.66 Å². The predicted molar refractivity (Wildman–Crippen MR) is 116 cm³/mol. The van der Waals surface area contributed by atoms with Crippen LogP contribution in [-0.4, -0.2) is 29.3 Å². The molecule has 0 amide bonds. The maximum absolute atomic E-state index is 6.09. The van der Waals surface area contributed by atoms with E-state index in [4.69, 9.17) is 16.3 Å². The zero-order valence-electron chi connectivity index (χ0n) is 16.0. The maximum Gasteiger partial charge on any atom is 0.226 e. The molecule has 3 rings (SSSR count). The highest BCUT2D eigenvalue weighted by Gasteiger charge is 2.42. The third-order valence-corrected chi connectivity index (χ3v) is 5.22. The van der Waals surface area contributed by atoms with E-state index >= 15 is 0 Å². The molecule has 1 aromatic carbocycles. The van der Waals surface area contributed by atoms with Crippen molar-refractivity contribution in [3.8, 4) is 0 Å². The minimum atomic E-state index is -0.443. The molecule has 1 fully saturated rings. The minimum absolute atomic E-state index is 0. The number of hydroxylamine groups is 2. The third-order valence-electron chi connectivity index (χ3n) is 5.22. The number of unbranched alkanes of at least 4 members (excludes halogenated alkanes) is 3. The van der Waals surface area contributed by atoms with Gasteiger partial charge in [-0.3, -0.25) is 4.84 Å². The molecule has 4 N–H and O–H groups in total. The first-order valence-corrected chi connectivity index (χ1v) is 9.86. The van der Waals surface area contributed by atoms with Crippen LogP contribution in [0.5, 0.6) is 0 Å². The molecule has 1 heterocycles. The number of aryl methyl sites for hydroxylation is 1. The summed E-state index contributed by atoms with van der Waals surface area (Å²) in [5, 5.41) is 1.73. The molecule has 2 aliphatic rings. The lowest BCUT2D eigenvalue weighted by molar-refractivity contribution is -0.177. The molecule has 0 saturated heterocycles. The van der Waals surface area contributed by atoms with Crippen LogP contribution < -0.4 is 11.5 Å². The van der Waals surface area contributed by atoms with Gasteiger partial charge in [-0.1, -0.05) is 49.6 Å². The quantitative estimate of drug-likeness (QED) is 0.603. The molecular formula is C20H32BrN5O. The fourth-order valence-electron chi connectivity index (χ4n) is 3.86. The van der Waals surface area contributed by atoms with Crippen LogP contribution >= 0.6 is 17.0 Å². The summed E-state index contributed by atoms with van der Waals surface area (Å²) in [7, 11) is 0. The number of nitrogens with two attached hydrogens (primary N) is 2. The van der Waals surface area contributed by atoms with Crippen molar-refractivity contribution in [1.82, 2.24) is 5.06 Å². The van der Waals surface area contributed by atoms with Crippen LogP contribution in [0.2, 0.25) is 0 Å². The summed E-state index contributed by atoms with van der Waals surface area (Å²) < 4.78 is 0. The van der Waals surface area contributed by atoms with Gasteiger partial charge in [-0.2, -0.15) is 10.1 Å².